The molecule has 0 saturated carbocycles. The van der Waals surface area contributed by atoms with Crippen molar-refractivity contribution in [2.24, 2.45) is 5.92 Å². The number of hydrogen-bond acceptors (Lipinski definition) is 2. The van der Waals surface area contributed by atoms with Crippen molar-refractivity contribution in [2.75, 3.05) is 19.8 Å². The van der Waals surface area contributed by atoms with E-state index in [9.17, 15) is 0 Å². The minimum atomic E-state index is 0.582. The van der Waals surface area contributed by atoms with Crippen LogP contribution in [0.5, 0.6) is 5.75 Å². The van der Waals surface area contributed by atoms with Crippen molar-refractivity contribution >= 4 is 15.9 Å². The maximum atomic E-state index is 5.55. The molecular formula is C13H19BrO2. The van der Waals surface area contributed by atoms with E-state index in [1.54, 1.807) is 0 Å². The van der Waals surface area contributed by atoms with Gasteiger partial charge in [0.1, 0.15) is 12.4 Å². The molecule has 1 rings (SSSR count). The largest absolute Gasteiger partial charge is 0.491 e. The van der Waals surface area contributed by atoms with Crippen LogP contribution in [0.1, 0.15) is 19.4 Å². The average Bonchev–Trinajstić information content (AvgIpc) is 2.29. The van der Waals surface area contributed by atoms with Crippen LogP contribution < -0.4 is 4.74 Å². The zero-order valence-electron chi connectivity index (χ0n) is 9.91. The first-order valence-corrected chi connectivity index (χ1v) is 6.70. The minimum Gasteiger partial charge on any atom is -0.491 e. The zero-order chi connectivity index (χ0) is 11.8. The average molecular weight is 287 g/mol. The number of hydrogen-bond donors (Lipinski definition) is 0. The predicted octanol–water partition coefficient (Wildman–Crippen LogP) is 3.63. The van der Waals surface area contributed by atoms with Crippen LogP contribution in [0.15, 0.2) is 24.3 Å². The lowest BCUT2D eigenvalue weighted by Crippen LogP contribution is -2.10. The summed E-state index contributed by atoms with van der Waals surface area (Å²) in [6.07, 6.45) is 0. The van der Waals surface area contributed by atoms with E-state index in [1.807, 2.05) is 12.1 Å². The Kier molecular flexibility index (Phi) is 6.50. The Morgan fingerprint density at radius 3 is 2.38 bits per heavy atom. The van der Waals surface area contributed by atoms with Crippen molar-refractivity contribution in [2.45, 2.75) is 19.2 Å². The van der Waals surface area contributed by atoms with E-state index in [1.165, 1.54) is 5.56 Å². The van der Waals surface area contributed by atoms with Gasteiger partial charge >= 0.3 is 0 Å². The Morgan fingerprint density at radius 1 is 1.12 bits per heavy atom. The lowest BCUT2D eigenvalue weighted by molar-refractivity contribution is 0.0819. The zero-order valence-corrected chi connectivity index (χ0v) is 11.5. The quantitative estimate of drug-likeness (QED) is 0.563. The SMILES string of the molecule is CC(C)COCCOc1ccc(CBr)cc1. The molecular weight excluding hydrogens is 268 g/mol. The van der Waals surface area contributed by atoms with Gasteiger partial charge in [-0.2, -0.15) is 0 Å². The van der Waals surface area contributed by atoms with Crippen LogP contribution in [0.3, 0.4) is 0 Å². The molecule has 3 heteroatoms. The second-order valence-electron chi connectivity index (χ2n) is 4.09. The van der Waals surface area contributed by atoms with Gasteiger partial charge in [-0.3, -0.25) is 0 Å². The van der Waals surface area contributed by atoms with E-state index >= 15 is 0 Å². The predicted molar refractivity (Wildman–Crippen MR) is 70.2 cm³/mol. The van der Waals surface area contributed by atoms with Crippen molar-refractivity contribution in [3.05, 3.63) is 29.8 Å². The number of rotatable bonds is 7. The summed E-state index contributed by atoms with van der Waals surface area (Å²) in [7, 11) is 0. The molecule has 0 radical (unpaired) electrons. The van der Waals surface area contributed by atoms with E-state index in [-0.39, 0.29) is 0 Å². The van der Waals surface area contributed by atoms with Gasteiger partial charge in [-0.1, -0.05) is 41.9 Å². The molecule has 16 heavy (non-hydrogen) atoms. The Hall–Kier alpha value is -0.540. The molecule has 0 aliphatic rings. The highest BCUT2D eigenvalue weighted by molar-refractivity contribution is 9.08. The van der Waals surface area contributed by atoms with Crippen LogP contribution in [0, 0.1) is 5.92 Å². The number of ether oxygens (including phenoxy) is 2. The first-order valence-electron chi connectivity index (χ1n) is 5.58. The highest BCUT2D eigenvalue weighted by Crippen LogP contribution is 2.13. The number of benzene rings is 1. The number of halogens is 1. The first-order chi connectivity index (χ1) is 7.72. The summed E-state index contributed by atoms with van der Waals surface area (Å²) in [4.78, 5) is 0. The molecule has 0 atom stereocenters. The molecule has 0 aliphatic heterocycles. The Morgan fingerprint density at radius 2 is 1.81 bits per heavy atom. The van der Waals surface area contributed by atoms with Gasteiger partial charge in [0.25, 0.3) is 0 Å². The Bertz CT molecular complexity index is 282. The van der Waals surface area contributed by atoms with Crippen molar-refractivity contribution in [3.8, 4) is 5.75 Å². The highest BCUT2D eigenvalue weighted by atomic mass is 79.9. The summed E-state index contributed by atoms with van der Waals surface area (Å²) in [5, 5.41) is 0.880. The molecule has 0 aromatic heterocycles. The van der Waals surface area contributed by atoms with Crippen LogP contribution >= 0.6 is 15.9 Å². The van der Waals surface area contributed by atoms with Gasteiger partial charge in [-0.05, 0) is 23.6 Å². The summed E-state index contributed by atoms with van der Waals surface area (Å²) in [6.45, 7) is 6.34. The summed E-state index contributed by atoms with van der Waals surface area (Å²) < 4.78 is 11.0. The van der Waals surface area contributed by atoms with E-state index in [4.69, 9.17) is 9.47 Å². The molecule has 0 fully saturated rings. The maximum Gasteiger partial charge on any atom is 0.119 e. The monoisotopic (exact) mass is 286 g/mol. The second kappa shape index (κ2) is 7.69. The van der Waals surface area contributed by atoms with E-state index in [0.717, 1.165) is 17.7 Å². The van der Waals surface area contributed by atoms with Gasteiger partial charge in [0.05, 0.1) is 6.61 Å². The fraction of sp³-hybridized carbons (Fsp3) is 0.538. The Balaban J connectivity index is 2.16. The van der Waals surface area contributed by atoms with Crippen molar-refractivity contribution in [1.82, 2.24) is 0 Å². The fourth-order valence-corrected chi connectivity index (χ4v) is 1.59. The third-order valence-corrected chi connectivity index (χ3v) is 2.67. The summed E-state index contributed by atoms with van der Waals surface area (Å²) in [6, 6.07) is 8.08. The minimum absolute atomic E-state index is 0.582. The summed E-state index contributed by atoms with van der Waals surface area (Å²) in [5.41, 5.74) is 1.25. The highest BCUT2D eigenvalue weighted by Gasteiger charge is 1.96. The number of alkyl halides is 1. The molecule has 0 unspecified atom stereocenters. The lowest BCUT2D eigenvalue weighted by atomic mass is 10.2. The topological polar surface area (TPSA) is 18.5 Å². The van der Waals surface area contributed by atoms with Crippen LogP contribution in [0.25, 0.3) is 0 Å². The molecule has 0 N–H and O–H groups in total. The van der Waals surface area contributed by atoms with Crippen molar-refractivity contribution in [3.63, 3.8) is 0 Å². The van der Waals surface area contributed by atoms with Gasteiger partial charge in [0, 0.05) is 11.9 Å². The molecule has 0 amide bonds. The van der Waals surface area contributed by atoms with Gasteiger partial charge < -0.3 is 9.47 Å². The van der Waals surface area contributed by atoms with Gasteiger partial charge in [-0.15, -0.1) is 0 Å². The van der Waals surface area contributed by atoms with Crippen LogP contribution in [0.2, 0.25) is 0 Å². The maximum absolute atomic E-state index is 5.55. The first kappa shape index (κ1) is 13.5. The normalized spacial score (nSPS) is 10.8. The second-order valence-corrected chi connectivity index (χ2v) is 4.66. The molecule has 0 saturated heterocycles. The van der Waals surface area contributed by atoms with Gasteiger partial charge in [0.15, 0.2) is 0 Å². The molecule has 0 heterocycles. The molecule has 0 spiro atoms. The molecule has 90 valence electrons. The van der Waals surface area contributed by atoms with E-state index in [0.29, 0.717) is 19.1 Å². The molecule has 1 aromatic rings. The lowest BCUT2D eigenvalue weighted by Gasteiger charge is -2.08. The smallest absolute Gasteiger partial charge is 0.119 e. The standard InChI is InChI=1S/C13H19BrO2/c1-11(2)10-15-7-8-16-13-5-3-12(9-14)4-6-13/h3-6,11H,7-10H2,1-2H3. The fourth-order valence-electron chi connectivity index (χ4n) is 1.21. The van der Waals surface area contributed by atoms with Crippen LogP contribution in [-0.2, 0) is 10.1 Å². The van der Waals surface area contributed by atoms with Crippen molar-refractivity contribution in [1.29, 1.82) is 0 Å². The molecule has 0 aliphatic carbocycles. The molecule has 2 nitrogen and oxygen atoms in total. The van der Waals surface area contributed by atoms with Gasteiger partial charge in [0.2, 0.25) is 0 Å². The summed E-state index contributed by atoms with van der Waals surface area (Å²) >= 11 is 3.41. The molecule has 0 bridgehead atoms. The third-order valence-electron chi connectivity index (χ3n) is 2.03. The van der Waals surface area contributed by atoms with Gasteiger partial charge in [-0.25, -0.2) is 0 Å². The Labute approximate surface area is 106 Å². The van der Waals surface area contributed by atoms with Crippen LogP contribution in [0.4, 0.5) is 0 Å². The third kappa shape index (κ3) is 5.52. The summed E-state index contributed by atoms with van der Waals surface area (Å²) in [5.74, 6) is 1.48. The van der Waals surface area contributed by atoms with E-state index in [2.05, 4.69) is 41.9 Å². The molecule has 1 aromatic carbocycles. The van der Waals surface area contributed by atoms with Crippen LogP contribution in [-0.4, -0.2) is 19.8 Å². The van der Waals surface area contributed by atoms with E-state index < -0.39 is 0 Å². The van der Waals surface area contributed by atoms with Crippen molar-refractivity contribution < 1.29 is 9.47 Å².